The number of piperazine rings is 1. The SMILES string of the molecule is CCC[C@H](c1ccc(O)cc1O)N1CCNCC1.Cl.Cl. The number of hydrogen-bond donors (Lipinski definition) is 3. The molecule has 0 aliphatic carbocycles. The highest BCUT2D eigenvalue weighted by atomic mass is 35.5. The summed E-state index contributed by atoms with van der Waals surface area (Å²) in [6.07, 6.45) is 2.10. The van der Waals surface area contributed by atoms with Crippen LogP contribution in [-0.4, -0.2) is 41.3 Å². The predicted molar refractivity (Wildman–Crippen MR) is 86.4 cm³/mol. The Bertz CT molecular complexity index is 399. The Morgan fingerprint density at radius 1 is 1.20 bits per heavy atom. The Hall–Kier alpha value is -0.680. The van der Waals surface area contributed by atoms with Crippen molar-refractivity contribution in [2.45, 2.75) is 25.8 Å². The van der Waals surface area contributed by atoms with Crippen molar-refractivity contribution in [1.29, 1.82) is 0 Å². The highest BCUT2D eigenvalue weighted by Gasteiger charge is 2.23. The van der Waals surface area contributed by atoms with Gasteiger partial charge in [0.05, 0.1) is 0 Å². The van der Waals surface area contributed by atoms with Crippen LogP contribution >= 0.6 is 24.8 Å². The largest absolute Gasteiger partial charge is 0.508 e. The molecule has 1 saturated heterocycles. The minimum Gasteiger partial charge on any atom is -0.508 e. The number of phenols is 2. The van der Waals surface area contributed by atoms with Crippen molar-refractivity contribution in [2.75, 3.05) is 26.2 Å². The lowest BCUT2D eigenvalue weighted by Gasteiger charge is -2.35. The Balaban J connectivity index is 0.00000180. The summed E-state index contributed by atoms with van der Waals surface area (Å²) in [5.74, 6) is 0.318. The number of nitrogens with zero attached hydrogens (tertiary/aromatic N) is 1. The first-order valence-electron chi connectivity index (χ1n) is 6.69. The molecule has 2 rings (SSSR count). The standard InChI is InChI=1S/C14H22N2O2.2ClH/c1-2-3-13(16-8-6-15-7-9-16)12-5-4-11(17)10-14(12)18;;/h4-5,10,13,15,17-18H,2-3,6-9H2,1H3;2*1H/t13-;;/m1../s1. The van der Waals surface area contributed by atoms with Gasteiger partial charge in [-0.05, 0) is 12.5 Å². The number of benzene rings is 1. The third kappa shape index (κ3) is 4.70. The summed E-state index contributed by atoms with van der Waals surface area (Å²) in [6.45, 7) is 6.17. The normalized spacial score (nSPS) is 16.9. The molecule has 0 saturated carbocycles. The molecular weight excluding hydrogens is 299 g/mol. The van der Waals surface area contributed by atoms with Crippen molar-refractivity contribution in [3.8, 4) is 11.5 Å². The van der Waals surface area contributed by atoms with Gasteiger partial charge >= 0.3 is 0 Å². The van der Waals surface area contributed by atoms with Gasteiger partial charge in [0.1, 0.15) is 11.5 Å². The van der Waals surface area contributed by atoms with E-state index in [2.05, 4.69) is 17.1 Å². The van der Waals surface area contributed by atoms with E-state index in [-0.39, 0.29) is 42.4 Å². The van der Waals surface area contributed by atoms with E-state index in [0.29, 0.717) is 0 Å². The second-order valence-electron chi connectivity index (χ2n) is 4.83. The molecule has 20 heavy (non-hydrogen) atoms. The zero-order valence-electron chi connectivity index (χ0n) is 11.7. The molecule has 1 aromatic carbocycles. The number of nitrogens with one attached hydrogen (secondary N) is 1. The number of phenolic OH excluding ortho intramolecular Hbond substituents is 2. The van der Waals surface area contributed by atoms with E-state index in [1.165, 1.54) is 6.07 Å². The molecule has 0 spiro atoms. The minimum atomic E-state index is 0. The zero-order valence-corrected chi connectivity index (χ0v) is 13.3. The summed E-state index contributed by atoms with van der Waals surface area (Å²) >= 11 is 0. The van der Waals surface area contributed by atoms with Crippen LogP contribution in [0.2, 0.25) is 0 Å². The van der Waals surface area contributed by atoms with Gasteiger partial charge < -0.3 is 15.5 Å². The van der Waals surface area contributed by atoms with E-state index in [4.69, 9.17) is 0 Å². The Morgan fingerprint density at radius 3 is 2.40 bits per heavy atom. The molecule has 4 nitrogen and oxygen atoms in total. The van der Waals surface area contributed by atoms with Crippen molar-refractivity contribution in [2.24, 2.45) is 0 Å². The average Bonchev–Trinajstić information content (AvgIpc) is 2.38. The molecule has 1 aliphatic rings. The van der Waals surface area contributed by atoms with Crippen molar-refractivity contribution in [3.05, 3.63) is 23.8 Å². The van der Waals surface area contributed by atoms with Gasteiger partial charge in [0.15, 0.2) is 0 Å². The van der Waals surface area contributed by atoms with E-state index in [1.807, 2.05) is 6.07 Å². The first kappa shape index (κ1) is 19.3. The maximum absolute atomic E-state index is 10.0. The quantitative estimate of drug-likeness (QED) is 0.797. The van der Waals surface area contributed by atoms with Crippen LogP contribution in [0, 0.1) is 0 Å². The first-order valence-corrected chi connectivity index (χ1v) is 6.69. The summed E-state index contributed by atoms with van der Waals surface area (Å²) in [7, 11) is 0. The van der Waals surface area contributed by atoms with Crippen LogP contribution in [0.5, 0.6) is 11.5 Å². The maximum Gasteiger partial charge on any atom is 0.124 e. The van der Waals surface area contributed by atoms with Crippen LogP contribution < -0.4 is 5.32 Å². The van der Waals surface area contributed by atoms with Crippen LogP contribution in [0.3, 0.4) is 0 Å². The monoisotopic (exact) mass is 322 g/mol. The van der Waals surface area contributed by atoms with Crippen LogP contribution in [0.15, 0.2) is 18.2 Å². The Labute approximate surface area is 133 Å². The second kappa shape index (κ2) is 9.29. The lowest BCUT2D eigenvalue weighted by molar-refractivity contribution is 0.162. The van der Waals surface area contributed by atoms with Gasteiger partial charge in [0, 0.05) is 43.9 Å². The molecule has 1 aliphatic heterocycles. The number of halogens is 2. The van der Waals surface area contributed by atoms with E-state index >= 15 is 0 Å². The number of hydrogen-bond acceptors (Lipinski definition) is 4. The summed E-state index contributed by atoms with van der Waals surface area (Å²) < 4.78 is 0. The van der Waals surface area contributed by atoms with Crippen molar-refractivity contribution in [3.63, 3.8) is 0 Å². The highest BCUT2D eigenvalue weighted by molar-refractivity contribution is 5.85. The van der Waals surface area contributed by atoms with Crippen LogP contribution in [0.25, 0.3) is 0 Å². The average molecular weight is 323 g/mol. The fourth-order valence-corrected chi connectivity index (χ4v) is 2.62. The number of aromatic hydroxyl groups is 2. The first-order chi connectivity index (χ1) is 8.72. The molecule has 1 heterocycles. The molecule has 1 fully saturated rings. The molecule has 1 atom stereocenters. The van der Waals surface area contributed by atoms with Gasteiger partial charge in [-0.3, -0.25) is 4.90 Å². The summed E-state index contributed by atoms with van der Waals surface area (Å²) in [5, 5.41) is 22.7. The van der Waals surface area contributed by atoms with Crippen molar-refractivity contribution < 1.29 is 10.2 Å². The zero-order chi connectivity index (χ0) is 13.0. The summed E-state index contributed by atoms with van der Waals surface area (Å²) in [6, 6.07) is 5.17. The van der Waals surface area contributed by atoms with E-state index < -0.39 is 0 Å². The van der Waals surface area contributed by atoms with E-state index in [9.17, 15) is 10.2 Å². The van der Waals surface area contributed by atoms with Gasteiger partial charge in [-0.25, -0.2) is 0 Å². The molecule has 116 valence electrons. The molecule has 1 aromatic rings. The smallest absolute Gasteiger partial charge is 0.124 e. The Morgan fingerprint density at radius 2 is 1.85 bits per heavy atom. The van der Waals surface area contributed by atoms with Gasteiger partial charge in [-0.15, -0.1) is 24.8 Å². The van der Waals surface area contributed by atoms with Crippen molar-refractivity contribution >= 4 is 24.8 Å². The molecule has 3 N–H and O–H groups in total. The third-order valence-electron chi connectivity index (χ3n) is 3.53. The van der Waals surface area contributed by atoms with Gasteiger partial charge in [0.2, 0.25) is 0 Å². The fraction of sp³-hybridized carbons (Fsp3) is 0.571. The molecule has 0 bridgehead atoms. The molecule has 0 radical (unpaired) electrons. The van der Waals surface area contributed by atoms with Gasteiger partial charge in [-0.2, -0.15) is 0 Å². The fourth-order valence-electron chi connectivity index (χ4n) is 2.62. The second-order valence-corrected chi connectivity index (χ2v) is 4.83. The van der Waals surface area contributed by atoms with Crippen LogP contribution in [0.1, 0.15) is 31.4 Å². The highest BCUT2D eigenvalue weighted by Crippen LogP contribution is 2.34. The topological polar surface area (TPSA) is 55.7 Å². The van der Waals surface area contributed by atoms with E-state index in [0.717, 1.165) is 44.6 Å². The van der Waals surface area contributed by atoms with E-state index in [1.54, 1.807) is 6.07 Å². The Kier molecular flexibility index (Phi) is 8.98. The molecule has 0 amide bonds. The molecule has 6 heteroatoms. The third-order valence-corrected chi connectivity index (χ3v) is 3.53. The molecular formula is C14H24Cl2N2O2. The van der Waals surface area contributed by atoms with Crippen molar-refractivity contribution in [1.82, 2.24) is 10.2 Å². The summed E-state index contributed by atoms with van der Waals surface area (Å²) in [4.78, 5) is 2.41. The maximum atomic E-state index is 10.0. The minimum absolute atomic E-state index is 0. The van der Waals surface area contributed by atoms with Crippen LogP contribution in [-0.2, 0) is 0 Å². The lowest BCUT2D eigenvalue weighted by atomic mass is 9.98. The number of rotatable bonds is 4. The summed E-state index contributed by atoms with van der Waals surface area (Å²) in [5.41, 5.74) is 0.927. The van der Waals surface area contributed by atoms with Gasteiger partial charge in [0.25, 0.3) is 0 Å². The molecule has 0 unspecified atom stereocenters. The lowest BCUT2D eigenvalue weighted by Crippen LogP contribution is -2.45. The predicted octanol–water partition coefficient (Wildman–Crippen LogP) is 2.69. The van der Waals surface area contributed by atoms with Gasteiger partial charge in [-0.1, -0.05) is 19.4 Å². The van der Waals surface area contributed by atoms with Crippen LogP contribution in [0.4, 0.5) is 0 Å². The molecule has 0 aromatic heterocycles.